The fourth-order valence-corrected chi connectivity index (χ4v) is 1.01. The average molecular weight is 234 g/mol. The van der Waals surface area contributed by atoms with Crippen molar-refractivity contribution in [3.05, 3.63) is 29.8 Å². The number of aliphatic hydroxyl groups is 1. The van der Waals surface area contributed by atoms with E-state index in [4.69, 9.17) is 5.11 Å². The summed E-state index contributed by atoms with van der Waals surface area (Å²) >= 11 is 4.20. The zero-order valence-corrected chi connectivity index (χ0v) is 9.72. The quantitative estimate of drug-likeness (QED) is 0.752. The van der Waals surface area contributed by atoms with Crippen molar-refractivity contribution < 1.29 is 13.9 Å². The molecule has 86 valence electrons. The molecule has 0 bridgehead atoms. The van der Waals surface area contributed by atoms with Crippen LogP contribution in [0.2, 0.25) is 0 Å². The lowest BCUT2D eigenvalue weighted by molar-refractivity contribution is 0.0700. The van der Waals surface area contributed by atoms with Crippen LogP contribution in [0.1, 0.15) is 25.3 Å². The number of hydrogen-bond acceptors (Lipinski definition) is 2. The van der Waals surface area contributed by atoms with Crippen LogP contribution in [0.4, 0.5) is 8.78 Å². The SMILES string of the molecule is CC(C)c1ccc(S)cc1.OCC(F)F. The Kier molecular flexibility index (Phi) is 7.34. The summed E-state index contributed by atoms with van der Waals surface area (Å²) in [4.78, 5) is 1.03. The topological polar surface area (TPSA) is 20.2 Å². The Balaban J connectivity index is 0.000000336. The van der Waals surface area contributed by atoms with E-state index in [-0.39, 0.29) is 0 Å². The highest BCUT2D eigenvalue weighted by Crippen LogP contribution is 2.15. The zero-order chi connectivity index (χ0) is 11.8. The average Bonchev–Trinajstić information content (AvgIpc) is 2.19. The van der Waals surface area contributed by atoms with Gasteiger partial charge in [0.1, 0.15) is 6.61 Å². The molecule has 0 radical (unpaired) electrons. The second-order valence-corrected chi connectivity index (χ2v) is 3.84. The fourth-order valence-electron chi connectivity index (χ4n) is 0.859. The van der Waals surface area contributed by atoms with Gasteiger partial charge in [-0.2, -0.15) is 0 Å². The molecule has 1 nitrogen and oxygen atoms in total. The normalized spacial score (nSPS) is 10.1. The summed E-state index contributed by atoms with van der Waals surface area (Å²) in [6.07, 6.45) is -2.56. The van der Waals surface area contributed by atoms with Gasteiger partial charge in [0.05, 0.1) is 0 Å². The van der Waals surface area contributed by atoms with Crippen LogP contribution in [0, 0.1) is 0 Å². The lowest BCUT2D eigenvalue weighted by atomic mass is 10.0. The van der Waals surface area contributed by atoms with Gasteiger partial charge >= 0.3 is 0 Å². The van der Waals surface area contributed by atoms with Gasteiger partial charge < -0.3 is 5.11 Å². The minimum Gasteiger partial charge on any atom is -0.390 e. The summed E-state index contributed by atoms with van der Waals surface area (Å²) < 4.78 is 21.0. The smallest absolute Gasteiger partial charge is 0.261 e. The second-order valence-electron chi connectivity index (χ2n) is 3.32. The van der Waals surface area contributed by atoms with Gasteiger partial charge in [-0.3, -0.25) is 0 Å². The van der Waals surface area contributed by atoms with Crippen molar-refractivity contribution in [2.75, 3.05) is 6.61 Å². The first-order valence-corrected chi connectivity index (χ1v) is 5.10. The van der Waals surface area contributed by atoms with Gasteiger partial charge in [0.15, 0.2) is 0 Å². The molecular formula is C11H16F2OS. The standard InChI is InChI=1S/C9H12S.C2H4F2O/c1-7(2)8-3-5-9(10)6-4-8;3-2(4)1-5/h3-7,10H,1-2H3;2,5H,1H2. The van der Waals surface area contributed by atoms with Crippen molar-refractivity contribution in [3.8, 4) is 0 Å². The second kappa shape index (κ2) is 7.65. The first-order chi connectivity index (χ1) is 6.97. The molecule has 0 heterocycles. The largest absolute Gasteiger partial charge is 0.390 e. The lowest BCUT2D eigenvalue weighted by Crippen LogP contribution is -1.94. The lowest BCUT2D eigenvalue weighted by Gasteiger charge is -2.03. The van der Waals surface area contributed by atoms with E-state index in [0.717, 1.165) is 4.90 Å². The summed E-state index contributed by atoms with van der Waals surface area (Å²) in [5, 5.41) is 7.39. The molecule has 0 spiro atoms. The fraction of sp³-hybridized carbons (Fsp3) is 0.455. The van der Waals surface area contributed by atoms with E-state index >= 15 is 0 Å². The number of rotatable bonds is 2. The summed E-state index contributed by atoms with van der Waals surface area (Å²) in [7, 11) is 0. The van der Waals surface area contributed by atoms with Crippen LogP contribution in [0.5, 0.6) is 0 Å². The molecule has 0 saturated heterocycles. The maximum Gasteiger partial charge on any atom is 0.261 e. The molecule has 0 unspecified atom stereocenters. The van der Waals surface area contributed by atoms with Crippen molar-refractivity contribution in [1.29, 1.82) is 0 Å². The highest BCUT2D eigenvalue weighted by atomic mass is 32.1. The summed E-state index contributed by atoms with van der Waals surface area (Å²) in [6, 6.07) is 8.29. The Morgan fingerprint density at radius 3 is 1.87 bits per heavy atom. The van der Waals surface area contributed by atoms with E-state index in [1.807, 2.05) is 12.1 Å². The van der Waals surface area contributed by atoms with Gasteiger partial charge in [-0.1, -0.05) is 26.0 Å². The van der Waals surface area contributed by atoms with Crippen molar-refractivity contribution in [2.24, 2.45) is 0 Å². The minimum atomic E-state index is -2.56. The highest BCUT2D eigenvalue weighted by molar-refractivity contribution is 7.80. The van der Waals surface area contributed by atoms with Crippen LogP contribution in [0.3, 0.4) is 0 Å². The van der Waals surface area contributed by atoms with Gasteiger partial charge in [-0.15, -0.1) is 12.6 Å². The van der Waals surface area contributed by atoms with E-state index < -0.39 is 13.0 Å². The summed E-state index contributed by atoms with van der Waals surface area (Å²) in [5.41, 5.74) is 1.37. The Morgan fingerprint density at radius 1 is 1.20 bits per heavy atom. The molecule has 15 heavy (non-hydrogen) atoms. The Hall–Kier alpha value is -0.610. The summed E-state index contributed by atoms with van der Waals surface area (Å²) in [6.45, 7) is 3.35. The Labute approximate surface area is 94.5 Å². The predicted molar refractivity (Wildman–Crippen MR) is 60.9 cm³/mol. The van der Waals surface area contributed by atoms with E-state index in [2.05, 4.69) is 38.6 Å². The third-order valence-corrected chi connectivity index (χ3v) is 2.00. The number of aliphatic hydroxyl groups excluding tert-OH is 1. The van der Waals surface area contributed by atoms with Crippen LogP contribution >= 0.6 is 12.6 Å². The van der Waals surface area contributed by atoms with Gasteiger partial charge in [0, 0.05) is 4.90 Å². The molecule has 1 aromatic rings. The molecule has 0 aliphatic heterocycles. The molecule has 0 saturated carbocycles. The predicted octanol–water partition coefficient (Wildman–Crippen LogP) is 3.34. The first kappa shape index (κ1) is 14.4. The monoisotopic (exact) mass is 234 g/mol. The van der Waals surface area contributed by atoms with Crippen molar-refractivity contribution in [2.45, 2.75) is 31.1 Å². The highest BCUT2D eigenvalue weighted by Gasteiger charge is 1.95. The van der Waals surface area contributed by atoms with Crippen LogP contribution in [0.15, 0.2) is 29.2 Å². The molecular weight excluding hydrogens is 218 g/mol. The maximum absolute atomic E-state index is 10.5. The van der Waals surface area contributed by atoms with Crippen LogP contribution in [-0.4, -0.2) is 18.1 Å². The Bertz CT molecular complexity index is 260. The molecule has 1 N–H and O–H groups in total. The number of alkyl halides is 2. The third-order valence-electron chi connectivity index (χ3n) is 1.70. The Morgan fingerprint density at radius 2 is 1.60 bits per heavy atom. The molecule has 0 aromatic heterocycles. The molecule has 1 aromatic carbocycles. The number of hydrogen-bond donors (Lipinski definition) is 2. The van der Waals surface area contributed by atoms with E-state index in [1.54, 1.807) is 0 Å². The molecule has 0 aliphatic carbocycles. The molecule has 1 rings (SSSR count). The molecule has 0 aliphatic rings. The molecule has 4 heteroatoms. The van der Waals surface area contributed by atoms with Crippen LogP contribution in [0.25, 0.3) is 0 Å². The third kappa shape index (κ3) is 7.33. The first-order valence-electron chi connectivity index (χ1n) is 4.65. The van der Waals surface area contributed by atoms with Crippen LogP contribution in [-0.2, 0) is 0 Å². The number of benzene rings is 1. The molecule has 0 atom stereocenters. The van der Waals surface area contributed by atoms with Gasteiger partial charge in [-0.05, 0) is 23.6 Å². The number of halogens is 2. The minimum absolute atomic E-state index is 0.619. The summed E-state index contributed by atoms with van der Waals surface area (Å²) in [5.74, 6) is 0.619. The van der Waals surface area contributed by atoms with Crippen molar-refractivity contribution >= 4 is 12.6 Å². The van der Waals surface area contributed by atoms with E-state index in [9.17, 15) is 8.78 Å². The van der Waals surface area contributed by atoms with Crippen LogP contribution < -0.4 is 0 Å². The maximum atomic E-state index is 10.5. The van der Waals surface area contributed by atoms with Gasteiger partial charge in [0.25, 0.3) is 6.43 Å². The van der Waals surface area contributed by atoms with Gasteiger partial charge in [0.2, 0.25) is 0 Å². The van der Waals surface area contributed by atoms with Gasteiger partial charge in [-0.25, -0.2) is 8.78 Å². The van der Waals surface area contributed by atoms with E-state index in [0.29, 0.717) is 5.92 Å². The molecule has 0 fully saturated rings. The van der Waals surface area contributed by atoms with E-state index in [1.165, 1.54) is 5.56 Å². The molecule has 0 amide bonds. The van der Waals surface area contributed by atoms with Crippen molar-refractivity contribution in [3.63, 3.8) is 0 Å². The van der Waals surface area contributed by atoms with Crippen molar-refractivity contribution in [1.82, 2.24) is 0 Å². The zero-order valence-electron chi connectivity index (χ0n) is 8.82. The number of thiol groups is 1.